The maximum Gasteiger partial charge on any atom is 0.408 e. The van der Waals surface area contributed by atoms with E-state index in [9.17, 15) is 24.8 Å². The van der Waals surface area contributed by atoms with E-state index >= 15 is 0 Å². The van der Waals surface area contributed by atoms with Gasteiger partial charge >= 0.3 is 12.1 Å². The molecule has 2 aromatic carbocycles. The van der Waals surface area contributed by atoms with Gasteiger partial charge < -0.3 is 39.8 Å². The summed E-state index contributed by atoms with van der Waals surface area (Å²) in [5.74, 6) is -0.259. The third kappa shape index (κ3) is 9.13. The average Bonchev–Trinajstić information content (AvgIpc) is 3.43. The second kappa shape index (κ2) is 14.6. The van der Waals surface area contributed by atoms with Gasteiger partial charge in [0.15, 0.2) is 5.54 Å². The molecule has 0 bridgehead atoms. The van der Waals surface area contributed by atoms with Gasteiger partial charge in [0.1, 0.15) is 29.6 Å². The number of esters is 1. The van der Waals surface area contributed by atoms with Crippen molar-refractivity contribution in [3.05, 3.63) is 53.1 Å². The fourth-order valence-electron chi connectivity index (χ4n) is 5.11. The molecule has 2 heterocycles. The fourth-order valence-corrected chi connectivity index (χ4v) is 5.11. The van der Waals surface area contributed by atoms with Crippen molar-refractivity contribution in [2.24, 2.45) is 5.73 Å². The number of nitrogens with two attached hydrogens (primary N) is 1. The Bertz CT molecular complexity index is 1740. The van der Waals surface area contributed by atoms with Crippen LogP contribution in [0.15, 0.2) is 40.9 Å². The zero-order valence-electron chi connectivity index (χ0n) is 29.0. The van der Waals surface area contributed by atoms with Crippen LogP contribution >= 0.6 is 0 Å². The number of aliphatic hydroxyl groups is 1. The lowest BCUT2D eigenvalue weighted by molar-refractivity contribution is -0.156. The number of aromatic nitrogens is 2. The monoisotopic (exact) mass is 676 g/mol. The molecule has 14 heteroatoms. The number of aliphatic hydroxyl groups excluding tert-OH is 1. The van der Waals surface area contributed by atoms with Crippen molar-refractivity contribution in [2.75, 3.05) is 26.3 Å². The zero-order chi connectivity index (χ0) is 36.1. The van der Waals surface area contributed by atoms with Gasteiger partial charge in [-0.15, -0.1) is 0 Å². The number of carbonyl (C=O) groups excluding carboxylic acids is 3. The molecule has 49 heavy (non-hydrogen) atoms. The van der Waals surface area contributed by atoms with Crippen LogP contribution in [0.2, 0.25) is 0 Å². The third-order valence-corrected chi connectivity index (χ3v) is 7.72. The maximum absolute atomic E-state index is 13.5. The second-order valence-electron chi connectivity index (χ2n) is 13.8. The first kappa shape index (κ1) is 36.8. The van der Waals surface area contributed by atoms with Crippen molar-refractivity contribution in [3.63, 3.8) is 0 Å². The molecule has 0 radical (unpaired) electrons. The van der Waals surface area contributed by atoms with Crippen LogP contribution in [0, 0.1) is 11.3 Å². The Morgan fingerprint density at radius 3 is 2.37 bits per heavy atom. The summed E-state index contributed by atoms with van der Waals surface area (Å²) in [6.45, 7) is 11.0. The van der Waals surface area contributed by atoms with E-state index in [4.69, 9.17) is 24.5 Å². The summed E-state index contributed by atoms with van der Waals surface area (Å²) in [7, 11) is 0. The minimum atomic E-state index is -1.81. The maximum atomic E-state index is 13.5. The van der Waals surface area contributed by atoms with Gasteiger partial charge in [-0.25, -0.2) is 9.59 Å². The summed E-state index contributed by atoms with van der Waals surface area (Å²) < 4.78 is 21.8. The van der Waals surface area contributed by atoms with E-state index in [0.717, 1.165) is 16.7 Å². The third-order valence-electron chi connectivity index (χ3n) is 7.72. The van der Waals surface area contributed by atoms with Crippen molar-refractivity contribution >= 4 is 18.0 Å². The van der Waals surface area contributed by atoms with E-state index in [2.05, 4.69) is 21.5 Å². The predicted molar refractivity (Wildman–Crippen MR) is 178 cm³/mol. The number of hydrogen-bond acceptors (Lipinski definition) is 12. The highest BCUT2D eigenvalue weighted by Crippen LogP contribution is 2.29. The number of benzene rings is 2. The minimum absolute atomic E-state index is 0.0821. The molecular weight excluding hydrogens is 632 g/mol. The molecule has 4 N–H and O–H groups in total. The molecule has 0 aliphatic carbocycles. The highest BCUT2D eigenvalue weighted by atomic mass is 16.6. The molecule has 0 spiro atoms. The molecule has 0 saturated heterocycles. The lowest BCUT2D eigenvalue weighted by Gasteiger charge is -2.32. The van der Waals surface area contributed by atoms with Crippen LogP contribution in [0.4, 0.5) is 4.79 Å². The number of nitrogens with one attached hydrogen (secondary N) is 1. The van der Waals surface area contributed by atoms with Gasteiger partial charge in [0.25, 0.3) is 5.89 Å². The smallest absolute Gasteiger partial charge is 0.408 e. The van der Waals surface area contributed by atoms with Gasteiger partial charge in [0.05, 0.1) is 18.3 Å². The van der Waals surface area contributed by atoms with Crippen LogP contribution in [0.25, 0.3) is 22.8 Å². The van der Waals surface area contributed by atoms with Crippen molar-refractivity contribution in [3.8, 4) is 34.7 Å². The van der Waals surface area contributed by atoms with Gasteiger partial charge in [-0.1, -0.05) is 17.3 Å². The molecule has 1 aromatic heterocycles. The van der Waals surface area contributed by atoms with Crippen molar-refractivity contribution in [1.82, 2.24) is 20.4 Å². The van der Waals surface area contributed by atoms with E-state index in [-0.39, 0.29) is 12.0 Å². The molecule has 1 aliphatic heterocycles. The van der Waals surface area contributed by atoms with Crippen molar-refractivity contribution in [2.45, 2.75) is 84.1 Å². The van der Waals surface area contributed by atoms with Gasteiger partial charge in [-0.2, -0.15) is 10.2 Å². The first-order valence-electron chi connectivity index (χ1n) is 16.0. The van der Waals surface area contributed by atoms with E-state index in [1.54, 1.807) is 43.9 Å². The van der Waals surface area contributed by atoms with Gasteiger partial charge in [0.2, 0.25) is 11.7 Å². The van der Waals surface area contributed by atoms with Crippen LogP contribution < -0.4 is 15.8 Å². The number of alkyl carbamates (subject to hydrolysis) is 1. The molecule has 262 valence electrons. The average molecular weight is 677 g/mol. The first-order valence-corrected chi connectivity index (χ1v) is 16.0. The number of ether oxygens (including phenoxy) is 3. The minimum Gasteiger partial charge on any atom is -0.490 e. The molecule has 2 amide bonds. The molecule has 2 atom stereocenters. The largest absolute Gasteiger partial charge is 0.490 e. The summed E-state index contributed by atoms with van der Waals surface area (Å²) in [5.41, 5.74) is 5.91. The summed E-state index contributed by atoms with van der Waals surface area (Å²) in [6, 6.07) is 13.1. The lowest BCUT2D eigenvalue weighted by atomic mass is 10.00. The van der Waals surface area contributed by atoms with Crippen LogP contribution in [0.3, 0.4) is 0 Å². The summed E-state index contributed by atoms with van der Waals surface area (Å²) in [4.78, 5) is 44.9. The zero-order valence-corrected chi connectivity index (χ0v) is 29.0. The number of nitriles is 1. The predicted octanol–water partition coefficient (Wildman–Crippen LogP) is 3.53. The van der Waals surface area contributed by atoms with Crippen molar-refractivity contribution < 1.29 is 38.2 Å². The summed E-state index contributed by atoms with van der Waals surface area (Å²) >= 11 is 0. The summed E-state index contributed by atoms with van der Waals surface area (Å²) in [6.07, 6.45) is 0.108. The first-order chi connectivity index (χ1) is 22.9. The van der Waals surface area contributed by atoms with Crippen LogP contribution in [-0.4, -0.2) is 87.2 Å². The molecular formula is C35H44N6O8. The highest BCUT2D eigenvalue weighted by molar-refractivity contribution is 5.88. The molecule has 14 nitrogen and oxygen atoms in total. The molecule has 4 rings (SSSR count). The van der Waals surface area contributed by atoms with E-state index in [1.165, 1.54) is 13.8 Å². The number of fused-ring (bicyclic) bond motifs is 1. The molecule has 0 unspecified atom stereocenters. The van der Waals surface area contributed by atoms with E-state index in [1.807, 2.05) is 32.0 Å². The number of hydrogen-bond donors (Lipinski definition) is 3. The SMILES string of the molecule is CC(C)Oc1ccc(-c2nc(-c3ccc4c(c3)CCN(C(=O)[C@](C)(N)COC(=O)[C@@](C)(CO)NC(=O)OC(C)(C)C)CC4)no2)cc1C#N. The van der Waals surface area contributed by atoms with Crippen LogP contribution in [-0.2, 0) is 31.9 Å². The fraction of sp³-hybridized carbons (Fsp3) is 0.486. The Morgan fingerprint density at radius 2 is 1.73 bits per heavy atom. The van der Waals surface area contributed by atoms with E-state index < -0.39 is 47.9 Å². The Morgan fingerprint density at radius 1 is 1.06 bits per heavy atom. The van der Waals surface area contributed by atoms with Gasteiger partial charge in [-0.05, 0) is 96.7 Å². The number of carbonyl (C=O) groups is 3. The number of nitrogens with zero attached hydrogens (tertiary/aromatic N) is 4. The second-order valence-corrected chi connectivity index (χ2v) is 13.8. The molecule has 3 aromatic rings. The van der Waals surface area contributed by atoms with Crippen LogP contribution in [0.5, 0.6) is 5.75 Å². The number of amides is 2. The Kier molecular flexibility index (Phi) is 11.0. The summed E-state index contributed by atoms with van der Waals surface area (Å²) in [5, 5.41) is 25.9. The Balaban J connectivity index is 1.40. The topological polar surface area (TPSA) is 203 Å². The quantitative estimate of drug-likeness (QED) is 0.264. The highest BCUT2D eigenvalue weighted by Gasteiger charge is 2.41. The van der Waals surface area contributed by atoms with Crippen LogP contribution in [0.1, 0.15) is 65.2 Å². The Hall–Kier alpha value is -5.00. The van der Waals surface area contributed by atoms with Crippen molar-refractivity contribution in [1.29, 1.82) is 5.26 Å². The molecule has 0 fully saturated rings. The number of rotatable bonds is 10. The van der Waals surface area contributed by atoms with E-state index in [0.29, 0.717) is 48.6 Å². The van der Waals surface area contributed by atoms with Gasteiger partial charge in [0, 0.05) is 24.2 Å². The normalized spacial score (nSPS) is 15.6. The molecule has 0 saturated carbocycles. The lowest BCUT2D eigenvalue weighted by Crippen LogP contribution is -2.60. The standard InChI is InChI=1S/C35H44N6O8/c1-21(2)47-27-11-10-25(17-26(27)18-36)29-38-28(40-49-29)24-9-8-22-12-14-41(15-13-23(22)16-24)30(43)34(6,37)20-46-31(44)35(7,19-42)39-32(45)48-33(3,4)5/h8-11,16-17,21,42H,12-15,19-20,37H2,1-7H3,(H,39,45)/t34-,35-/m1/s1. The molecule has 1 aliphatic rings. The Labute approximate surface area is 285 Å². The van der Waals surface area contributed by atoms with Gasteiger partial charge in [-0.3, -0.25) is 4.79 Å².